The van der Waals surface area contributed by atoms with Crippen LogP contribution in [0.3, 0.4) is 0 Å². The molecule has 2 aromatic rings. The maximum Gasteiger partial charge on any atom is 0.126 e. The molecule has 0 aliphatic heterocycles. The van der Waals surface area contributed by atoms with Crippen LogP contribution in [0.5, 0.6) is 0 Å². The largest absolute Gasteiger partial charge is 0.313 e. The lowest BCUT2D eigenvalue weighted by Crippen LogP contribution is -2.17. The number of aromatic nitrogens is 2. The van der Waals surface area contributed by atoms with Gasteiger partial charge < -0.3 is 5.32 Å². The molecule has 3 nitrogen and oxygen atoms in total. The van der Waals surface area contributed by atoms with E-state index in [-0.39, 0.29) is 11.9 Å². The molecule has 0 bridgehead atoms. The first-order valence-corrected chi connectivity index (χ1v) is 7.57. The van der Waals surface area contributed by atoms with Gasteiger partial charge in [-0.1, -0.05) is 13.8 Å². The van der Waals surface area contributed by atoms with Crippen LogP contribution in [0.15, 0.2) is 18.2 Å². The van der Waals surface area contributed by atoms with Gasteiger partial charge in [-0.2, -0.15) is 5.10 Å². The van der Waals surface area contributed by atoms with E-state index in [9.17, 15) is 4.39 Å². The fraction of sp³-hybridized carbons (Fsp3) is 0.471. The van der Waals surface area contributed by atoms with Gasteiger partial charge in [-0.05, 0) is 63.1 Å². The van der Waals surface area contributed by atoms with Crippen molar-refractivity contribution in [3.63, 3.8) is 0 Å². The molecule has 0 radical (unpaired) electrons. The second-order valence-corrected chi connectivity index (χ2v) is 5.42. The van der Waals surface area contributed by atoms with Gasteiger partial charge in [0.2, 0.25) is 0 Å². The molecule has 1 aromatic heterocycles. The van der Waals surface area contributed by atoms with Crippen LogP contribution in [-0.2, 0) is 12.8 Å². The third-order valence-electron chi connectivity index (χ3n) is 3.99. The van der Waals surface area contributed by atoms with E-state index in [0.29, 0.717) is 5.56 Å². The molecule has 114 valence electrons. The lowest BCUT2D eigenvalue weighted by atomic mass is 10.0. The molecule has 0 saturated carbocycles. The Balaban J connectivity index is 2.67. The first-order chi connectivity index (χ1) is 10.0. The van der Waals surface area contributed by atoms with Gasteiger partial charge in [-0.25, -0.2) is 9.07 Å². The molecule has 21 heavy (non-hydrogen) atoms. The Bertz CT molecular complexity index is 631. The van der Waals surface area contributed by atoms with E-state index in [0.717, 1.165) is 35.5 Å². The molecule has 0 saturated heterocycles. The fourth-order valence-corrected chi connectivity index (χ4v) is 2.48. The molecule has 0 aliphatic rings. The number of benzene rings is 1. The van der Waals surface area contributed by atoms with Crippen molar-refractivity contribution < 1.29 is 4.39 Å². The number of rotatable bonds is 5. The average molecular weight is 289 g/mol. The minimum Gasteiger partial charge on any atom is -0.313 e. The van der Waals surface area contributed by atoms with Gasteiger partial charge in [0.25, 0.3) is 0 Å². The predicted molar refractivity (Wildman–Crippen MR) is 84.5 cm³/mol. The molecule has 2 rings (SSSR count). The Morgan fingerprint density at radius 1 is 1.24 bits per heavy atom. The highest BCUT2D eigenvalue weighted by Gasteiger charge is 2.17. The van der Waals surface area contributed by atoms with Crippen molar-refractivity contribution in [2.24, 2.45) is 0 Å². The molecular weight excluding hydrogens is 265 g/mol. The SMILES string of the molecule is CCc1cc(CC)n(-c2cc(C)c(F)cc2C(C)NC)n1. The van der Waals surface area contributed by atoms with E-state index in [1.54, 1.807) is 13.0 Å². The predicted octanol–water partition coefficient (Wildman–Crippen LogP) is 3.73. The summed E-state index contributed by atoms with van der Waals surface area (Å²) in [5, 5.41) is 7.87. The van der Waals surface area contributed by atoms with E-state index in [2.05, 4.69) is 30.3 Å². The highest BCUT2D eigenvalue weighted by Crippen LogP contribution is 2.26. The molecule has 0 spiro atoms. The van der Waals surface area contributed by atoms with Crippen LogP contribution < -0.4 is 5.32 Å². The summed E-state index contributed by atoms with van der Waals surface area (Å²) in [5.74, 6) is -0.170. The molecule has 1 aromatic carbocycles. The summed E-state index contributed by atoms with van der Waals surface area (Å²) in [5.41, 5.74) is 4.76. The number of halogens is 1. The second-order valence-electron chi connectivity index (χ2n) is 5.42. The van der Waals surface area contributed by atoms with Gasteiger partial charge >= 0.3 is 0 Å². The topological polar surface area (TPSA) is 29.9 Å². The fourth-order valence-electron chi connectivity index (χ4n) is 2.48. The molecule has 1 heterocycles. The quantitative estimate of drug-likeness (QED) is 0.909. The summed E-state index contributed by atoms with van der Waals surface area (Å²) in [4.78, 5) is 0. The number of aryl methyl sites for hydroxylation is 3. The van der Waals surface area contributed by atoms with E-state index < -0.39 is 0 Å². The maximum atomic E-state index is 14.0. The van der Waals surface area contributed by atoms with Gasteiger partial charge in [-0.3, -0.25) is 0 Å². The Morgan fingerprint density at radius 3 is 2.52 bits per heavy atom. The standard InChI is InChI=1S/C17H24FN3/c1-6-13-9-14(7-2)21(20-13)17-8-11(3)16(18)10-15(17)12(4)19-5/h8-10,12,19H,6-7H2,1-5H3. The smallest absolute Gasteiger partial charge is 0.126 e. The molecule has 0 aliphatic carbocycles. The third kappa shape index (κ3) is 3.00. The first kappa shape index (κ1) is 15.7. The van der Waals surface area contributed by atoms with Crippen LogP contribution in [0.25, 0.3) is 5.69 Å². The molecule has 0 amide bonds. The third-order valence-corrected chi connectivity index (χ3v) is 3.99. The van der Waals surface area contributed by atoms with E-state index in [1.807, 2.05) is 24.7 Å². The summed E-state index contributed by atoms with van der Waals surface area (Å²) in [6.45, 7) is 8.04. The van der Waals surface area contributed by atoms with Crippen molar-refractivity contribution in [2.45, 2.75) is 46.6 Å². The van der Waals surface area contributed by atoms with Crippen LogP contribution in [0.2, 0.25) is 0 Å². The van der Waals surface area contributed by atoms with Gasteiger partial charge in [-0.15, -0.1) is 0 Å². The summed E-state index contributed by atoms with van der Waals surface area (Å²) in [6, 6.07) is 5.71. The Labute approximate surface area is 126 Å². The van der Waals surface area contributed by atoms with Crippen molar-refractivity contribution in [1.82, 2.24) is 15.1 Å². The van der Waals surface area contributed by atoms with Crippen LogP contribution in [0.1, 0.15) is 49.3 Å². The van der Waals surface area contributed by atoms with E-state index in [4.69, 9.17) is 0 Å². The lowest BCUT2D eigenvalue weighted by molar-refractivity contribution is 0.596. The second kappa shape index (κ2) is 6.39. The van der Waals surface area contributed by atoms with Crippen LogP contribution in [-0.4, -0.2) is 16.8 Å². The highest BCUT2D eigenvalue weighted by molar-refractivity contribution is 5.47. The van der Waals surface area contributed by atoms with Crippen molar-refractivity contribution in [2.75, 3.05) is 7.05 Å². The molecule has 4 heteroatoms. The Kier molecular flexibility index (Phi) is 4.78. The maximum absolute atomic E-state index is 14.0. The zero-order valence-corrected chi connectivity index (χ0v) is 13.5. The molecular formula is C17H24FN3. The lowest BCUT2D eigenvalue weighted by Gasteiger charge is -2.18. The van der Waals surface area contributed by atoms with Crippen LogP contribution in [0.4, 0.5) is 4.39 Å². The molecule has 1 atom stereocenters. The highest BCUT2D eigenvalue weighted by atomic mass is 19.1. The molecule has 1 N–H and O–H groups in total. The zero-order chi connectivity index (χ0) is 15.6. The van der Waals surface area contributed by atoms with Gasteiger partial charge in [0.05, 0.1) is 11.4 Å². The molecule has 0 fully saturated rings. The minimum atomic E-state index is -0.170. The summed E-state index contributed by atoms with van der Waals surface area (Å²) in [6.07, 6.45) is 1.80. The average Bonchev–Trinajstić information content (AvgIpc) is 2.92. The van der Waals surface area contributed by atoms with Gasteiger partial charge in [0.1, 0.15) is 5.82 Å². The summed E-state index contributed by atoms with van der Waals surface area (Å²) < 4.78 is 15.9. The van der Waals surface area contributed by atoms with E-state index in [1.165, 1.54) is 0 Å². The number of nitrogens with one attached hydrogen (secondary N) is 1. The zero-order valence-electron chi connectivity index (χ0n) is 13.5. The first-order valence-electron chi connectivity index (χ1n) is 7.57. The summed E-state index contributed by atoms with van der Waals surface area (Å²) >= 11 is 0. The van der Waals surface area contributed by atoms with Crippen molar-refractivity contribution in [3.05, 3.63) is 46.5 Å². The Hall–Kier alpha value is -1.68. The normalized spacial score (nSPS) is 12.7. The molecule has 1 unspecified atom stereocenters. The van der Waals surface area contributed by atoms with Crippen LogP contribution in [0, 0.1) is 12.7 Å². The Morgan fingerprint density at radius 2 is 1.95 bits per heavy atom. The number of hydrogen-bond acceptors (Lipinski definition) is 2. The van der Waals surface area contributed by atoms with Crippen molar-refractivity contribution >= 4 is 0 Å². The van der Waals surface area contributed by atoms with Gasteiger partial charge in [0.15, 0.2) is 0 Å². The van der Waals surface area contributed by atoms with Crippen LogP contribution >= 0.6 is 0 Å². The van der Waals surface area contributed by atoms with Crippen molar-refractivity contribution in [1.29, 1.82) is 0 Å². The monoisotopic (exact) mass is 289 g/mol. The summed E-state index contributed by atoms with van der Waals surface area (Å²) in [7, 11) is 1.88. The van der Waals surface area contributed by atoms with Crippen molar-refractivity contribution in [3.8, 4) is 5.69 Å². The van der Waals surface area contributed by atoms with E-state index >= 15 is 0 Å². The number of hydrogen-bond donors (Lipinski definition) is 1. The van der Waals surface area contributed by atoms with Gasteiger partial charge in [0, 0.05) is 11.7 Å². The minimum absolute atomic E-state index is 0.0640. The number of nitrogens with zero attached hydrogens (tertiary/aromatic N) is 2.